The van der Waals surface area contributed by atoms with Gasteiger partial charge in [-0.3, -0.25) is 14.4 Å². The number of benzene rings is 3. The fourth-order valence-electron chi connectivity index (χ4n) is 4.07. The van der Waals surface area contributed by atoms with Crippen LogP contribution in [-0.4, -0.2) is 30.9 Å². The zero-order chi connectivity index (χ0) is 27.4. The van der Waals surface area contributed by atoms with Crippen molar-refractivity contribution < 1.29 is 27.9 Å². The van der Waals surface area contributed by atoms with Crippen LogP contribution in [0.1, 0.15) is 45.9 Å². The summed E-state index contributed by atoms with van der Waals surface area (Å²) in [6.45, 7) is 4.14. The zero-order valence-electron chi connectivity index (χ0n) is 21.0. The summed E-state index contributed by atoms with van der Waals surface area (Å²) in [5, 5.41) is 3.35. The predicted molar refractivity (Wildman–Crippen MR) is 141 cm³/mol. The van der Waals surface area contributed by atoms with Crippen LogP contribution in [0, 0.1) is 11.7 Å². The fourth-order valence-corrected chi connectivity index (χ4v) is 4.07. The number of nitrogens with one attached hydrogen (secondary N) is 1. The van der Waals surface area contributed by atoms with Gasteiger partial charge in [-0.2, -0.15) is 0 Å². The van der Waals surface area contributed by atoms with Gasteiger partial charge in [-0.15, -0.1) is 0 Å². The quantitative estimate of drug-likeness (QED) is 0.290. The lowest BCUT2D eigenvalue weighted by molar-refractivity contribution is -0.119. The number of furan rings is 1. The summed E-state index contributed by atoms with van der Waals surface area (Å²) < 4.78 is 24.9. The number of carbonyl (C=O) groups excluding carboxylic acids is 3. The number of rotatable bonds is 10. The number of ether oxygens (including phenoxy) is 1. The lowest BCUT2D eigenvalue weighted by Crippen LogP contribution is -2.27. The molecule has 4 aromatic rings. The summed E-state index contributed by atoms with van der Waals surface area (Å²) in [4.78, 5) is 36.6. The normalized spacial score (nSPS) is 11.1. The van der Waals surface area contributed by atoms with Crippen LogP contribution in [0.25, 0.3) is 22.1 Å². The van der Waals surface area contributed by atoms with Gasteiger partial charge in [0.2, 0.25) is 0 Å². The first-order valence-corrected chi connectivity index (χ1v) is 12.1. The highest BCUT2D eigenvalue weighted by Gasteiger charge is 2.21. The first-order chi connectivity index (χ1) is 18.1. The van der Waals surface area contributed by atoms with Gasteiger partial charge in [0.25, 0.3) is 17.7 Å². The van der Waals surface area contributed by atoms with E-state index in [2.05, 4.69) is 5.32 Å². The van der Waals surface area contributed by atoms with Crippen molar-refractivity contribution in [1.82, 2.24) is 5.32 Å². The Morgan fingerprint density at radius 3 is 2.39 bits per heavy atom. The molecule has 0 fully saturated rings. The van der Waals surface area contributed by atoms with Crippen molar-refractivity contribution in [2.24, 2.45) is 17.4 Å². The van der Waals surface area contributed by atoms with E-state index in [9.17, 15) is 18.8 Å². The molecular formula is C29H28FN3O5. The predicted octanol–water partition coefficient (Wildman–Crippen LogP) is 4.18. The Kier molecular flexibility index (Phi) is 7.76. The Bertz CT molecular complexity index is 1510. The van der Waals surface area contributed by atoms with Crippen LogP contribution in [0.15, 0.2) is 65.1 Å². The van der Waals surface area contributed by atoms with Gasteiger partial charge in [-0.05, 0) is 59.5 Å². The van der Waals surface area contributed by atoms with Gasteiger partial charge in [0.05, 0.1) is 5.56 Å². The minimum Gasteiger partial charge on any atom is -0.483 e. The third-order valence-corrected chi connectivity index (χ3v) is 5.88. The summed E-state index contributed by atoms with van der Waals surface area (Å²) in [7, 11) is 0. The van der Waals surface area contributed by atoms with E-state index in [0.717, 1.165) is 5.56 Å². The van der Waals surface area contributed by atoms with Gasteiger partial charge in [-0.1, -0.05) is 32.0 Å². The van der Waals surface area contributed by atoms with Crippen molar-refractivity contribution >= 4 is 28.7 Å². The molecule has 0 aliphatic carbocycles. The highest BCUT2D eigenvalue weighted by atomic mass is 19.1. The molecule has 0 unspecified atom stereocenters. The lowest BCUT2D eigenvalue weighted by Gasteiger charge is -2.14. The Hall–Kier alpha value is -4.66. The molecule has 196 valence electrons. The van der Waals surface area contributed by atoms with Crippen LogP contribution in [0.5, 0.6) is 5.75 Å². The van der Waals surface area contributed by atoms with Crippen LogP contribution in [-0.2, 0) is 11.2 Å². The molecule has 0 spiro atoms. The largest absolute Gasteiger partial charge is 0.483 e. The van der Waals surface area contributed by atoms with E-state index in [0.29, 0.717) is 45.7 Å². The number of hydrogen-bond donors (Lipinski definition) is 3. The SMILES string of the molecule is CC(C)CNC(=O)c1ccc(OCC(N)=O)c(-c2ccc3oc(Cc4ccc(F)cc4)c(C(N)=O)c3c2)c1. The molecular weight excluding hydrogens is 489 g/mol. The van der Waals surface area contributed by atoms with Crippen molar-refractivity contribution in [3.63, 3.8) is 0 Å². The van der Waals surface area contributed by atoms with Gasteiger partial charge >= 0.3 is 0 Å². The molecule has 5 N–H and O–H groups in total. The Balaban J connectivity index is 1.79. The summed E-state index contributed by atoms with van der Waals surface area (Å²) in [5.74, 6) is -0.997. The van der Waals surface area contributed by atoms with E-state index in [-0.39, 0.29) is 36.2 Å². The van der Waals surface area contributed by atoms with Gasteiger partial charge in [0.15, 0.2) is 6.61 Å². The Labute approximate surface area is 218 Å². The molecule has 0 radical (unpaired) electrons. The van der Waals surface area contributed by atoms with E-state index < -0.39 is 11.8 Å². The molecule has 4 rings (SSSR count). The number of primary amides is 2. The van der Waals surface area contributed by atoms with E-state index >= 15 is 0 Å². The van der Waals surface area contributed by atoms with Crippen molar-refractivity contribution in [3.8, 4) is 16.9 Å². The summed E-state index contributed by atoms with van der Waals surface area (Å²) in [6.07, 6.45) is 0.237. The first kappa shape index (κ1) is 26.4. The number of hydrogen-bond acceptors (Lipinski definition) is 5. The summed E-state index contributed by atoms with van der Waals surface area (Å²) >= 11 is 0. The standard InChI is InChI=1S/C29H28FN3O5/c1-16(2)14-33-29(36)19-6-9-23(37-15-26(31)34)21(13-19)18-5-10-24-22(12-18)27(28(32)35)25(38-24)11-17-3-7-20(30)8-4-17/h3-10,12-13,16H,11,14-15H2,1-2H3,(H2,31,34)(H2,32,35)(H,33,36). The Morgan fingerprint density at radius 2 is 1.74 bits per heavy atom. The van der Waals surface area contributed by atoms with Crippen molar-refractivity contribution in [3.05, 3.63) is 88.9 Å². The first-order valence-electron chi connectivity index (χ1n) is 12.1. The van der Waals surface area contributed by atoms with Crippen molar-refractivity contribution in [2.75, 3.05) is 13.2 Å². The molecule has 38 heavy (non-hydrogen) atoms. The molecule has 8 nitrogen and oxygen atoms in total. The van der Waals surface area contributed by atoms with Crippen LogP contribution < -0.4 is 21.5 Å². The molecule has 3 amide bonds. The van der Waals surface area contributed by atoms with E-state index in [1.54, 1.807) is 48.5 Å². The average molecular weight is 518 g/mol. The topological polar surface area (TPSA) is 138 Å². The van der Waals surface area contributed by atoms with Crippen LogP contribution in [0.2, 0.25) is 0 Å². The fraction of sp³-hybridized carbons (Fsp3) is 0.207. The van der Waals surface area contributed by atoms with Crippen molar-refractivity contribution in [2.45, 2.75) is 20.3 Å². The van der Waals surface area contributed by atoms with Crippen molar-refractivity contribution in [1.29, 1.82) is 0 Å². The molecule has 3 aromatic carbocycles. The van der Waals surface area contributed by atoms with Crippen LogP contribution in [0.3, 0.4) is 0 Å². The maximum atomic E-state index is 13.3. The smallest absolute Gasteiger partial charge is 0.255 e. The maximum absolute atomic E-state index is 13.3. The third-order valence-electron chi connectivity index (χ3n) is 5.88. The lowest BCUT2D eigenvalue weighted by atomic mass is 9.98. The number of fused-ring (bicyclic) bond motifs is 1. The minimum absolute atomic E-state index is 0.205. The van der Waals surface area contributed by atoms with Gasteiger partial charge < -0.3 is 25.9 Å². The summed E-state index contributed by atoms with van der Waals surface area (Å²) in [6, 6.07) is 15.9. The van der Waals surface area contributed by atoms with E-state index in [4.69, 9.17) is 20.6 Å². The molecule has 0 atom stereocenters. The molecule has 0 saturated heterocycles. The third kappa shape index (κ3) is 6.00. The number of halogens is 1. The van der Waals surface area contributed by atoms with E-state index in [1.807, 2.05) is 13.8 Å². The minimum atomic E-state index is -0.676. The van der Waals surface area contributed by atoms with Crippen LogP contribution >= 0.6 is 0 Å². The molecule has 0 saturated carbocycles. The zero-order valence-corrected chi connectivity index (χ0v) is 21.0. The Morgan fingerprint density at radius 1 is 1.00 bits per heavy atom. The molecule has 1 aromatic heterocycles. The van der Waals surface area contributed by atoms with Gasteiger partial charge in [0, 0.05) is 29.5 Å². The van der Waals surface area contributed by atoms with E-state index in [1.165, 1.54) is 12.1 Å². The van der Waals surface area contributed by atoms with Crippen LogP contribution in [0.4, 0.5) is 4.39 Å². The highest BCUT2D eigenvalue weighted by Crippen LogP contribution is 2.36. The second-order valence-corrected chi connectivity index (χ2v) is 9.35. The second-order valence-electron chi connectivity index (χ2n) is 9.35. The molecule has 0 aliphatic rings. The monoisotopic (exact) mass is 517 g/mol. The molecule has 9 heteroatoms. The number of amides is 3. The maximum Gasteiger partial charge on any atom is 0.255 e. The number of carbonyl (C=O) groups is 3. The van der Waals surface area contributed by atoms with Gasteiger partial charge in [-0.25, -0.2) is 4.39 Å². The molecule has 0 bridgehead atoms. The average Bonchev–Trinajstić information content (AvgIpc) is 3.24. The summed E-state index contributed by atoms with van der Waals surface area (Å²) in [5.41, 5.74) is 13.9. The highest BCUT2D eigenvalue weighted by molar-refractivity contribution is 6.07. The number of nitrogens with two attached hydrogens (primary N) is 2. The molecule has 0 aliphatic heterocycles. The molecule has 1 heterocycles. The van der Waals surface area contributed by atoms with Gasteiger partial charge in [0.1, 0.15) is 22.9 Å². The second kappa shape index (κ2) is 11.2.